The highest BCUT2D eigenvalue weighted by atomic mass is 32.1. The molecule has 6 heteroatoms. The molecular weight excluding hydrogens is 288 g/mol. The lowest BCUT2D eigenvalue weighted by Gasteiger charge is -2.23. The number of rotatable bonds is 6. The summed E-state index contributed by atoms with van der Waals surface area (Å²) in [6.07, 6.45) is 4.19. The van der Waals surface area contributed by atoms with Gasteiger partial charge in [0.1, 0.15) is 4.88 Å². The monoisotopic (exact) mass is 306 g/mol. The summed E-state index contributed by atoms with van der Waals surface area (Å²) in [6, 6.07) is 5.64. The second kappa shape index (κ2) is 6.13. The van der Waals surface area contributed by atoms with Gasteiger partial charge in [0.05, 0.1) is 11.1 Å². The van der Waals surface area contributed by atoms with Crippen LogP contribution in [0.4, 0.5) is 0 Å². The number of nitrogens with zero attached hydrogens (tertiary/aromatic N) is 1. The molecule has 1 atom stereocenters. The molecule has 1 unspecified atom stereocenters. The van der Waals surface area contributed by atoms with Crippen molar-refractivity contribution < 1.29 is 14.7 Å². The first-order valence-corrected chi connectivity index (χ1v) is 7.58. The Morgan fingerprint density at radius 1 is 1.38 bits per heavy atom. The summed E-state index contributed by atoms with van der Waals surface area (Å²) in [6.45, 7) is 3.55. The van der Waals surface area contributed by atoms with Crippen molar-refractivity contribution in [3.63, 3.8) is 0 Å². The quantitative estimate of drug-likeness (QED) is 0.862. The smallest absolute Gasteiger partial charge is 0.311 e. The molecule has 0 aliphatic carbocycles. The van der Waals surface area contributed by atoms with Crippen LogP contribution in [0.3, 0.4) is 0 Å². The van der Waals surface area contributed by atoms with Gasteiger partial charge in [-0.15, -0.1) is 11.3 Å². The largest absolute Gasteiger partial charge is 0.481 e. The number of thiophene rings is 1. The maximum Gasteiger partial charge on any atom is 0.311 e. The topological polar surface area (TPSA) is 71.3 Å². The van der Waals surface area contributed by atoms with E-state index in [0.717, 1.165) is 5.69 Å². The second-order valence-corrected chi connectivity index (χ2v) is 6.04. The van der Waals surface area contributed by atoms with Crippen molar-refractivity contribution in [2.75, 3.05) is 6.54 Å². The Balaban J connectivity index is 2.12. The molecule has 0 aromatic carbocycles. The third kappa shape index (κ3) is 3.16. The SMILES string of the molecule is CCC(C)(CNC(=O)c1sccc1-n1cccc1)C(=O)O. The average Bonchev–Trinajstić information content (AvgIpc) is 3.13. The van der Waals surface area contributed by atoms with Crippen molar-refractivity contribution >= 4 is 23.2 Å². The van der Waals surface area contributed by atoms with Crippen molar-refractivity contribution in [2.45, 2.75) is 20.3 Å². The lowest BCUT2D eigenvalue weighted by atomic mass is 9.88. The second-order valence-electron chi connectivity index (χ2n) is 5.13. The van der Waals surface area contributed by atoms with Gasteiger partial charge in [-0.3, -0.25) is 9.59 Å². The van der Waals surface area contributed by atoms with Crippen LogP contribution < -0.4 is 5.32 Å². The van der Waals surface area contributed by atoms with Gasteiger partial charge in [-0.05, 0) is 36.9 Å². The van der Waals surface area contributed by atoms with E-state index in [1.807, 2.05) is 40.5 Å². The zero-order valence-corrected chi connectivity index (χ0v) is 12.8. The van der Waals surface area contributed by atoms with E-state index in [-0.39, 0.29) is 12.5 Å². The number of carboxylic acid groups (broad SMARTS) is 1. The summed E-state index contributed by atoms with van der Waals surface area (Å²) in [7, 11) is 0. The molecule has 2 aromatic rings. The van der Waals surface area contributed by atoms with Gasteiger partial charge in [0.15, 0.2) is 0 Å². The zero-order chi connectivity index (χ0) is 15.5. The number of nitrogens with one attached hydrogen (secondary N) is 1. The molecule has 2 aromatic heterocycles. The fourth-order valence-corrected chi connectivity index (χ4v) is 2.68. The van der Waals surface area contributed by atoms with Gasteiger partial charge in [-0.2, -0.15) is 0 Å². The number of aliphatic carboxylic acids is 1. The molecule has 2 rings (SSSR count). The van der Waals surface area contributed by atoms with E-state index in [2.05, 4.69) is 5.32 Å². The van der Waals surface area contributed by atoms with E-state index in [4.69, 9.17) is 0 Å². The van der Waals surface area contributed by atoms with E-state index in [1.165, 1.54) is 11.3 Å². The summed E-state index contributed by atoms with van der Waals surface area (Å²) in [5.74, 6) is -1.14. The highest BCUT2D eigenvalue weighted by Crippen LogP contribution is 2.23. The molecule has 0 fully saturated rings. The van der Waals surface area contributed by atoms with Gasteiger partial charge >= 0.3 is 5.97 Å². The van der Waals surface area contributed by atoms with Crippen LogP contribution >= 0.6 is 11.3 Å². The maximum absolute atomic E-state index is 12.3. The van der Waals surface area contributed by atoms with Crippen LogP contribution in [-0.4, -0.2) is 28.1 Å². The Hall–Kier alpha value is -2.08. The Morgan fingerprint density at radius 2 is 2.05 bits per heavy atom. The van der Waals surface area contributed by atoms with Gasteiger partial charge in [0.2, 0.25) is 0 Å². The van der Waals surface area contributed by atoms with Crippen LogP contribution in [-0.2, 0) is 4.79 Å². The summed E-state index contributed by atoms with van der Waals surface area (Å²) in [4.78, 5) is 24.1. The molecular formula is C15H18N2O3S. The minimum absolute atomic E-state index is 0.112. The number of amides is 1. The molecule has 0 aliphatic rings. The third-order valence-electron chi connectivity index (χ3n) is 3.67. The van der Waals surface area contributed by atoms with Crippen LogP contribution in [0, 0.1) is 5.41 Å². The molecule has 1 amide bonds. The molecule has 5 nitrogen and oxygen atoms in total. The highest BCUT2D eigenvalue weighted by molar-refractivity contribution is 7.12. The van der Waals surface area contributed by atoms with Crippen LogP contribution in [0.15, 0.2) is 36.0 Å². The van der Waals surface area contributed by atoms with Gasteiger partial charge < -0.3 is 15.0 Å². The Kier molecular flexibility index (Phi) is 4.47. The third-order valence-corrected chi connectivity index (χ3v) is 4.57. The first kappa shape index (κ1) is 15.3. The van der Waals surface area contributed by atoms with Crippen molar-refractivity contribution in [1.29, 1.82) is 0 Å². The van der Waals surface area contributed by atoms with Crippen LogP contribution in [0.25, 0.3) is 5.69 Å². The molecule has 0 bridgehead atoms. The molecule has 112 valence electrons. The Morgan fingerprint density at radius 3 is 2.62 bits per heavy atom. The van der Waals surface area contributed by atoms with Gasteiger partial charge in [0.25, 0.3) is 5.91 Å². The molecule has 2 N–H and O–H groups in total. The number of carboxylic acids is 1. The summed E-state index contributed by atoms with van der Waals surface area (Å²) >= 11 is 1.34. The number of carbonyl (C=O) groups is 2. The van der Waals surface area contributed by atoms with Gasteiger partial charge in [-0.1, -0.05) is 6.92 Å². The highest BCUT2D eigenvalue weighted by Gasteiger charge is 2.31. The first-order valence-electron chi connectivity index (χ1n) is 6.70. The predicted molar refractivity (Wildman–Crippen MR) is 82.0 cm³/mol. The fraction of sp³-hybridized carbons (Fsp3) is 0.333. The van der Waals surface area contributed by atoms with E-state index in [1.54, 1.807) is 13.8 Å². The minimum Gasteiger partial charge on any atom is -0.481 e. The van der Waals surface area contributed by atoms with Crippen LogP contribution in [0.1, 0.15) is 29.9 Å². The standard InChI is InChI=1S/C15H18N2O3S/c1-3-15(2,14(19)20)10-16-13(18)12-11(6-9-21-12)17-7-4-5-8-17/h4-9H,3,10H2,1-2H3,(H,16,18)(H,19,20). The molecule has 0 aliphatic heterocycles. The van der Waals surface area contributed by atoms with Crippen molar-refractivity contribution in [3.8, 4) is 5.69 Å². The molecule has 0 spiro atoms. The van der Waals surface area contributed by atoms with Crippen molar-refractivity contribution in [2.24, 2.45) is 5.41 Å². The average molecular weight is 306 g/mol. The van der Waals surface area contributed by atoms with Gasteiger partial charge in [-0.25, -0.2) is 0 Å². The van der Waals surface area contributed by atoms with E-state index in [0.29, 0.717) is 11.3 Å². The molecule has 0 radical (unpaired) electrons. The van der Waals surface area contributed by atoms with Crippen molar-refractivity contribution in [1.82, 2.24) is 9.88 Å². The normalized spacial score (nSPS) is 13.6. The zero-order valence-electron chi connectivity index (χ0n) is 12.0. The Bertz CT molecular complexity index is 633. The van der Waals surface area contributed by atoms with Crippen molar-refractivity contribution in [3.05, 3.63) is 40.8 Å². The lowest BCUT2D eigenvalue weighted by Crippen LogP contribution is -2.40. The summed E-state index contributed by atoms with van der Waals surface area (Å²) in [5, 5.41) is 13.8. The first-order chi connectivity index (χ1) is 9.98. The maximum atomic E-state index is 12.3. The number of hydrogen-bond acceptors (Lipinski definition) is 3. The molecule has 21 heavy (non-hydrogen) atoms. The number of aromatic nitrogens is 1. The molecule has 0 saturated heterocycles. The van der Waals surface area contributed by atoms with E-state index < -0.39 is 11.4 Å². The predicted octanol–water partition coefficient (Wildman–Crippen LogP) is 2.77. The van der Waals surface area contributed by atoms with Crippen LogP contribution in [0.5, 0.6) is 0 Å². The fourth-order valence-electron chi connectivity index (χ4n) is 1.88. The van der Waals surface area contributed by atoms with Gasteiger partial charge in [0, 0.05) is 18.9 Å². The van der Waals surface area contributed by atoms with E-state index in [9.17, 15) is 14.7 Å². The molecule has 2 heterocycles. The number of carbonyl (C=O) groups excluding carboxylic acids is 1. The summed E-state index contributed by atoms with van der Waals surface area (Å²) < 4.78 is 1.86. The minimum atomic E-state index is -0.944. The Labute approximate surface area is 127 Å². The van der Waals surface area contributed by atoms with E-state index >= 15 is 0 Å². The lowest BCUT2D eigenvalue weighted by molar-refractivity contribution is -0.147. The summed E-state index contributed by atoms with van der Waals surface area (Å²) in [5.41, 5.74) is -0.142. The molecule has 0 saturated carbocycles. The van der Waals surface area contributed by atoms with Crippen LogP contribution in [0.2, 0.25) is 0 Å². The number of hydrogen-bond donors (Lipinski definition) is 2.